The predicted molar refractivity (Wildman–Crippen MR) is 89.5 cm³/mol. The predicted octanol–water partition coefficient (Wildman–Crippen LogP) is 3.79. The molecule has 1 saturated carbocycles. The molecule has 1 N–H and O–H groups in total. The zero-order valence-electron chi connectivity index (χ0n) is 14.0. The minimum absolute atomic E-state index is 0.0391. The summed E-state index contributed by atoms with van der Waals surface area (Å²) >= 11 is 0. The van der Waals surface area contributed by atoms with E-state index < -0.39 is 17.5 Å². The third-order valence-corrected chi connectivity index (χ3v) is 4.36. The first kappa shape index (κ1) is 17.3. The molecule has 1 amide bonds. The van der Waals surface area contributed by atoms with E-state index in [0.29, 0.717) is 11.9 Å². The van der Waals surface area contributed by atoms with Crippen LogP contribution in [0.15, 0.2) is 36.5 Å². The number of benzene rings is 1. The van der Waals surface area contributed by atoms with Gasteiger partial charge in [-0.25, -0.2) is 13.8 Å². The summed E-state index contributed by atoms with van der Waals surface area (Å²) in [5.41, 5.74) is 0.940. The van der Waals surface area contributed by atoms with Gasteiger partial charge in [0.25, 0.3) is 5.91 Å². The van der Waals surface area contributed by atoms with Gasteiger partial charge in [-0.2, -0.15) is 0 Å². The molecular formula is C19H20F2N2O2. The van der Waals surface area contributed by atoms with Gasteiger partial charge in [0.2, 0.25) is 5.88 Å². The van der Waals surface area contributed by atoms with Gasteiger partial charge >= 0.3 is 0 Å². The lowest BCUT2D eigenvalue weighted by Crippen LogP contribution is -2.40. The maximum absolute atomic E-state index is 13.7. The van der Waals surface area contributed by atoms with E-state index in [1.807, 2.05) is 19.1 Å². The number of amides is 1. The number of carbonyl (C=O) groups excluding carboxylic acids is 1. The molecule has 1 fully saturated rings. The van der Waals surface area contributed by atoms with Gasteiger partial charge in [0.15, 0.2) is 0 Å². The number of hydrogen-bond donors (Lipinski definition) is 1. The number of ether oxygens (including phenoxy) is 1. The summed E-state index contributed by atoms with van der Waals surface area (Å²) in [4.78, 5) is 16.4. The number of nitrogens with one attached hydrogen (secondary N) is 1. The fourth-order valence-corrected chi connectivity index (χ4v) is 2.96. The second kappa shape index (κ2) is 7.59. The molecule has 1 aliphatic carbocycles. The van der Waals surface area contributed by atoms with E-state index in [0.717, 1.165) is 43.4 Å². The van der Waals surface area contributed by atoms with E-state index >= 15 is 0 Å². The maximum Gasteiger partial charge on any atom is 0.254 e. The summed E-state index contributed by atoms with van der Waals surface area (Å²) in [5, 5.41) is 2.81. The normalized spacial score (nSPS) is 20.1. The third kappa shape index (κ3) is 4.53. The van der Waals surface area contributed by atoms with Gasteiger partial charge in [0.1, 0.15) is 17.7 Å². The highest BCUT2D eigenvalue weighted by Crippen LogP contribution is 2.23. The lowest BCUT2D eigenvalue weighted by Gasteiger charge is -2.29. The van der Waals surface area contributed by atoms with Crippen LogP contribution in [0.3, 0.4) is 0 Å². The summed E-state index contributed by atoms with van der Waals surface area (Å²) in [7, 11) is 0. The van der Waals surface area contributed by atoms with Crippen molar-refractivity contribution in [2.75, 3.05) is 0 Å². The molecule has 0 aliphatic heterocycles. The third-order valence-electron chi connectivity index (χ3n) is 4.36. The second-order valence-electron chi connectivity index (χ2n) is 6.36. The molecule has 2 aromatic rings. The monoisotopic (exact) mass is 346 g/mol. The zero-order valence-corrected chi connectivity index (χ0v) is 14.0. The fraction of sp³-hybridized carbons (Fsp3) is 0.368. The van der Waals surface area contributed by atoms with E-state index in [1.165, 1.54) is 0 Å². The molecule has 132 valence electrons. The number of pyridine rings is 1. The Bertz CT molecular complexity index is 742. The largest absolute Gasteiger partial charge is 0.474 e. The Morgan fingerprint density at radius 1 is 1.16 bits per heavy atom. The van der Waals surface area contributed by atoms with Crippen molar-refractivity contribution in [1.82, 2.24) is 10.3 Å². The smallest absolute Gasteiger partial charge is 0.254 e. The van der Waals surface area contributed by atoms with Crippen molar-refractivity contribution >= 4 is 5.91 Å². The lowest BCUT2D eigenvalue weighted by atomic mass is 9.92. The quantitative estimate of drug-likeness (QED) is 0.916. The molecule has 3 rings (SSSR count). The standard InChI is InChI=1S/C19H20F2N2O2/c1-12-2-9-18(22-11-12)25-15-6-4-14(5-7-15)23-19(24)16-8-3-13(20)10-17(16)21/h2-3,8-11,14-15H,4-7H2,1H3,(H,23,24). The summed E-state index contributed by atoms with van der Waals surface area (Å²) < 4.78 is 32.4. The second-order valence-corrected chi connectivity index (χ2v) is 6.36. The number of rotatable bonds is 4. The number of aryl methyl sites for hydroxylation is 1. The van der Waals surface area contributed by atoms with E-state index in [9.17, 15) is 13.6 Å². The molecule has 0 atom stereocenters. The summed E-state index contributed by atoms with van der Waals surface area (Å²) in [6, 6.07) is 6.72. The first-order chi connectivity index (χ1) is 12.0. The van der Waals surface area contributed by atoms with E-state index in [1.54, 1.807) is 6.20 Å². The van der Waals surface area contributed by atoms with Crippen molar-refractivity contribution in [2.45, 2.75) is 44.8 Å². The molecule has 0 bridgehead atoms. The molecule has 0 radical (unpaired) electrons. The van der Waals surface area contributed by atoms with Crippen LogP contribution in [-0.2, 0) is 0 Å². The topological polar surface area (TPSA) is 51.2 Å². The molecule has 1 heterocycles. The van der Waals surface area contributed by atoms with Crippen LogP contribution in [0.4, 0.5) is 8.78 Å². The minimum Gasteiger partial charge on any atom is -0.474 e. The van der Waals surface area contributed by atoms with Gasteiger partial charge in [-0.05, 0) is 50.3 Å². The number of halogens is 2. The molecule has 0 saturated heterocycles. The summed E-state index contributed by atoms with van der Waals surface area (Å²) in [6.07, 6.45) is 4.87. The van der Waals surface area contributed by atoms with Crippen molar-refractivity contribution in [3.8, 4) is 5.88 Å². The van der Waals surface area contributed by atoms with Crippen LogP contribution < -0.4 is 10.1 Å². The van der Waals surface area contributed by atoms with Gasteiger partial charge in [-0.1, -0.05) is 6.07 Å². The number of nitrogens with zero attached hydrogens (tertiary/aromatic N) is 1. The Morgan fingerprint density at radius 2 is 1.92 bits per heavy atom. The van der Waals surface area contributed by atoms with Gasteiger partial charge in [0, 0.05) is 24.4 Å². The van der Waals surface area contributed by atoms with Crippen molar-refractivity contribution in [1.29, 1.82) is 0 Å². The maximum atomic E-state index is 13.7. The van der Waals surface area contributed by atoms with Crippen LogP contribution in [0.1, 0.15) is 41.6 Å². The minimum atomic E-state index is -0.847. The molecule has 1 aliphatic rings. The molecule has 4 nitrogen and oxygen atoms in total. The number of hydrogen-bond acceptors (Lipinski definition) is 3. The molecule has 1 aromatic carbocycles. The zero-order chi connectivity index (χ0) is 17.8. The molecule has 25 heavy (non-hydrogen) atoms. The SMILES string of the molecule is Cc1ccc(OC2CCC(NC(=O)c3ccc(F)cc3F)CC2)nc1. The number of aromatic nitrogens is 1. The Morgan fingerprint density at radius 3 is 2.56 bits per heavy atom. The molecular weight excluding hydrogens is 326 g/mol. The van der Waals surface area contributed by atoms with E-state index in [4.69, 9.17) is 4.74 Å². The van der Waals surface area contributed by atoms with Crippen molar-refractivity contribution in [2.24, 2.45) is 0 Å². The van der Waals surface area contributed by atoms with Crippen molar-refractivity contribution in [3.05, 3.63) is 59.3 Å². The Hall–Kier alpha value is -2.50. The average Bonchev–Trinajstić information content (AvgIpc) is 2.58. The van der Waals surface area contributed by atoms with Crippen molar-refractivity contribution in [3.63, 3.8) is 0 Å². The Kier molecular flexibility index (Phi) is 5.26. The molecule has 1 aromatic heterocycles. The Labute approximate surface area is 145 Å². The van der Waals surface area contributed by atoms with Gasteiger partial charge in [-0.3, -0.25) is 4.79 Å². The summed E-state index contributed by atoms with van der Waals surface area (Å²) in [5.74, 6) is -1.45. The highest BCUT2D eigenvalue weighted by atomic mass is 19.1. The van der Waals surface area contributed by atoms with E-state index in [-0.39, 0.29) is 17.7 Å². The lowest BCUT2D eigenvalue weighted by molar-refractivity contribution is 0.0886. The van der Waals surface area contributed by atoms with Crippen LogP contribution in [0.2, 0.25) is 0 Å². The van der Waals surface area contributed by atoms with E-state index in [2.05, 4.69) is 10.3 Å². The molecule has 6 heteroatoms. The van der Waals surface area contributed by atoms with Crippen molar-refractivity contribution < 1.29 is 18.3 Å². The molecule has 0 unspecified atom stereocenters. The summed E-state index contributed by atoms with van der Waals surface area (Å²) in [6.45, 7) is 1.97. The van der Waals surface area contributed by atoms with Crippen LogP contribution in [0.25, 0.3) is 0 Å². The Balaban J connectivity index is 1.50. The van der Waals surface area contributed by atoms with Gasteiger partial charge in [0.05, 0.1) is 5.56 Å². The number of carbonyl (C=O) groups is 1. The van der Waals surface area contributed by atoms with Gasteiger partial charge < -0.3 is 10.1 Å². The highest BCUT2D eigenvalue weighted by Gasteiger charge is 2.25. The fourth-order valence-electron chi connectivity index (χ4n) is 2.96. The van der Waals surface area contributed by atoms with Crippen LogP contribution >= 0.6 is 0 Å². The van der Waals surface area contributed by atoms with Crippen LogP contribution in [-0.4, -0.2) is 23.0 Å². The highest BCUT2D eigenvalue weighted by molar-refractivity contribution is 5.94. The van der Waals surface area contributed by atoms with Crippen LogP contribution in [0, 0.1) is 18.6 Å². The first-order valence-electron chi connectivity index (χ1n) is 8.36. The first-order valence-corrected chi connectivity index (χ1v) is 8.36. The average molecular weight is 346 g/mol. The van der Waals surface area contributed by atoms with Gasteiger partial charge in [-0.15, -0.1) is 0 Å². The molecule has 0 spiro atoms. The van der Waals surface area contributed by atoms with Crippen LogP contribution in [0.5, 0.6) is 5.88 Å².